The predicted molar refractivity (Wildman–Crippen MR) is 39.8 cm³/mol. The van der Waals surface area contributed by atoms with Gasteiger partial charge in [0.05, 0.1) is 6.10 Å². The van der Waals surface area contributed by atoms with Crippen molar-refractivity contribution in [3.63, 3.8) is 0 Å². The third-order valence-corrected chi connectivity index (χ3v) is 2.05. The highest BCUT2D eigenvalue weighted by atomic mass is 19.1. The molecule has 1 aromatic rings. The molecule has 1 aromatic carbocycles. The second-order valence-electron chi connectivity index (χ2n) is 2.96. The minimum atomic E-state index is -0.219. The zero-order valence-electron chi connectivity index (χ0n) is 6.00. The highest BCUT2D eigenvalue weighted by Gasteiger charge is 2.36. The van der Waals surface area contributed by atoms with Crippen LogP contribution in [-0.4, -0.2) is 11.2 Å². The molecule has 2 rings (SSSR count). The third kappa shape index (κ3) is 1.26. The first-order chi connectivity index (χ1) is 5.27. The molecule has 0 saturated heterocycles. The first kappa shape index (κ1) is 6.80. The molecule has 1 aliphatic rings. The molecule has 2 atom stereocenters. The molecule has 1 aliphatic carbocycles. The summed E-state index contributed by atoms with van der Waals surface area (Å²) in [5.74, 6) is 0.0412. The van der Waals surface area contributed by atoms with E-state index in [2.05, 4.69) is 0 Å². The van der Waals surface area contributed by atoms with Crippen LogP contribution >= 0.6 is 0 Å². The van der Waals surface area contributed by atoms with E-state index < -0.39 is 0 Å². The second-order valence-corrected chi connectivity index (χ2v) is 2.96. The average molecular weight is 152 g/mol. The van der Waals surface area contributed by atoms with Crippen LogP contribution in [0.4, 0.5) is 4.39 Å². The molecule has 2 heteroatoms. The maximum Gasteiger partial charge on any atom is 0.123 e. The maximum absolute atomic E-state index is 12.4. The van der Waals surface area contributed by atoms with Gasteiger partial charge in [0.25, 0.3) is 0 Å². The summed E-state index contributed by atoms with van der Waals surface area (Å²) in [5.41, 5.74) is 1.04. The fourth-order valence-corrected chi connectivity index (χ4v) is 1.25. The minimum absolute atomic E-state index is 0.194. The molecular weight excluding hydrogens is 143 g/mol. The Hall–Kier alpha value is -0.890. The van der Waals surface area contributed by atoms with E-state index in [1.807, 2.05) is 0 Å². The molecule has 58 valence electrons. The lowest BCUT2D eigenvalue weighted by atomic mass is 10.1. The fraction of sp³-hybridized carbons (Fsp3) is 0.333. The summed E-state index contributed by atoms with van der Waals surface area (Å²) in [5, 5.41) is 9.06. The number of benzene rings is 1. The van der Waals surface area contributed by atoms with Gasteiger partial charge in [-0.2, -0.15) is 0 Å². The summed E-state index contributed by atoms with van der Waals surface area (Å²) < 4.78 is 12.4. The van der Waals surface area contributed by atoms with Crippen molar-refractivity contribution >= 4 is 0 Å². The predicted octanol–water partition coefficient (Wildman–Crippen LogP) is 1.67. The lowest BCUT2D eigenvalue weighted by Gasteiger charge is -1.95. The van der Waals surface area contributed by atoms with Crippen molar-refractivity contribution in [1.29, 1.82) is 0 Å². The number of aliphatic hydroxyl groups excluding tert-OH is 1. The van der Waals surface area contributed by atoms with Crippen molar-refractivity contribution in [2.45, 2.75) is 18.4 Å². The quantitative estimate of drug-likeness (QED) is 0.649. The third-order valence-electron chi connectivity index (χ3n) is 2.05. The Morgan fingerprint density at radius 2 is 1.82 bits per heavy atom. The van der Waals surface area contributed by atoms with Gasteiger partial charge in [-0.05, 0) is 24.1 Å². The minimum Gasteiger partial charge on any atom is -0.392 e. The summed E-state index contributed by atoms with van der Waals surface area (Å²) in [7, 11) is 0. The Morgan fingerprint density at radius 1 is 1.27 bits per heavy atom. The second kappa shape index (κ2) is 2.31. The molecule has 11 heavy (non-hydrogen) atoms. The molecule has 0 aliphatic heterocycles. The first-order valence-corrected chi connectivity index (χ1v) is 3.71. The van der Waals surface area contributed by atoms with E-state index in [1.54, 1.807) is 12.1 Å². The Labute approximate surface area is 64.5 Å². The Bertz CT molecular complexity index is 255. The lowest BCUT2D eigenvalue weighted by molar-refractivity contribution is 0.271. The molecule has 0 heterocycles. The van der Waals surface area contributed by atoms with Gasteiger partial charge in [0.2, 0.25) is 0 Å². The Balaban J connectivity index is 2.21. The normalized spacial score (nSPS) is 28.5. The van der Waals surface area contributed by atoms with Crippen LogP contribution in [0.15, 0.2) is 24.3 Å². The van der Waals surface area contributed by atoms with E-state index in [0.717, 1.165) is 12.0 Å². The van der Waals surface area contributed by atoms with Crippen LogP contribution in [0.25, 0.3) is 0 Å². The number of rotatable bonds is 1. The van der Waals surface area contributed by atoms with E-state index in [0.29, 0.717) is 0 Å². The highest BCUT2D eigenvalue weighted by Crippen LogP contribution is 2.40. The van der Waals surface area contributed by atoms with Gasteiger partial charge >= 0.3 is 0 Å². The van der Waals surface area contributed by atoms with Gasteiger partial charge in [0, 0.05) is 5.92 Å². The van der Waals surface area contributed by atoms with Crippen molar-refractivity contribution in [2.75, 3.05) is 0 Å². The molecule has 0 spiro atoms. The van der Waals surface area contributed by atoms with Gasteiger partial charge in [0.1, 0.15) is 5.82 Å². The van der Waals surface area contributed by atoms with E-state index in [1.165, 1.54) is 12.1 Å². The molecule has 0 bridgehead atoms. The fourth-order valence-electron chi connectivity index (χ4n) is 1.25. The van der Waals surface area contributed by atoms with Crippen LogP contribution in [0.1, 0.15) is 17.9 Å². The van der Waals surface area contributed by atoms with Crippen molar-refractivity contribution in [3.8, 4) is 0 Å². The lowest BCUT2D eigenvalue weighted by Crippen LogP contribution is -1.85. The van der Waals surface area contributed by atoms with Crippen molar-refractivity contribution in [3.05, 3.63) is 35.6 Å². The average Bonchev–Trinajstić information content (AvgIpc) is 2.69. The summed E-state index contributed by atoms with van der Waals surface area (Å²) >= 11 is 0. The maximum atomic E-state index is 12.4. The molecule has 0 radical (unpaired) electrons. The number of halogens is 1. The summed E-state index contributed by atoms with van der Waals surface area (Å²) in [6.07, 6.45) is 0.631. The van der Waals surface area contributed by atoms with Crippen molar-refractivity contribution < 1.29 is 9.50 Å². The van der Waals surface area contributed by atoms with Crippen LogP contribution in [0, 0.1) is 5.82 Å². The van der Waals surface area contributed by atoms with Gasteiger partial charge < -0.3 is 5.11 Å². The van der Waals surface area contributed by atoms with Crippen LogP contribution in [0.2, 0.25) is 0 Å². The SMILES string of the molecule is OC1CC1c1ccc(F)cc1. The van der Waals surface area contributed by atoms with Gasteiger partial charge in [-0.3, -0.25) is 0 Å². The Kier molecular flexibility index (Phi) is 1.43. The zero-order valence-corrected chi connectivity index (χ0v) is 6.00. The summed E-state index contributed by atoms with van der Waals surface area (Å²) in [4.78, 5) is 0. The topological polar surface area (TPSA) is 20.2 Å². The first-order valence-electron chi connectivity index (χ1n) is 3.71. The number of aliphatic hydroxyl groups is 1. The highest BCUT2D eigenvalue weighted by molar-refractivity contribution is 5.26. The molecule has 2 unspecified atom stereocenters. The molecular formula is C9H9FO. The van der Waals surface area contributed by atoms with Gasteiger partial charge in [-0.1, -0.05) is 12.1 Å². The molecule has 1 fully saturated rings. The number of hydrogen-bond donors (Lipinski definition) is 1. The number of hydrogen-bond acceptors (Lipinski definition) is 1. The van der Waals surface area contributed by atoms with Crippen LogP contribution < -0.4 is 0 Å². The standard InChI is InChI=1S/C9H9FO/c10-7-3-1-6(2-4-7)8-5-9(8)11/h1-4,8-9,11H,5H2. The van der Waals surface area contributed by atoms with E-state index >= 15 is 0 Å². The molecule has 0 amide bonds. The van der Waals surface area contributed by atoms with Crippen LogP contribution in [0.3, 0.4) is 0 Å². The van der Waals surface area contributed by atoms with Crippen molar-refractivity contribution in [1.82, 2.24) is 0 Å². The van der Waals surface area contributed by atoms with Gasteiger partial charge in [-0.15, -0.1) is 0 Å². The summed E-state index contributed by atoms with van der Waals surface area (Å²) in [6.45, 7) is 0. The smallest absolute Gasteiger partial charge is 0.123 e. The molecule has 1 saturated carbocycles. The van der Waals surface area contributed by atoms with E-state index in [-0.39, 0.29) is 17.8 Å². The van der Waals surface area contributed by atoms with Crippen LogP contribution in [-0.2, 0) is 0 Å². The largest absolute Gasteiger partial charge is 0.392 e. The van der Waals surface area contributed by atoms with Gasteiger partial charge in [0.15, 0.2) is 0 Å². The molecule has 1 N–H and O–H groups in total. The van der Waals surface area contributed by atoms with E-state index in [4.69, 9.17) is 5.11 Å². The molecule has 0 aromatic heterocycles. The van der Waals surface area contributed by atoms with E-state index in [9.17, 15) is 4.39 Å². The van der Waals surface area contributed by atoms with Crippen LogP contribution in [0.5, 0.6) is 0 Å². The van der Waals surface area contributed by atoms with Crippen molar-refractivity contribution in [2.24, 2.45) is 0 Å². The van der Waals surface area contributed by atoms with Gasteiger partial charge in [-0.25, -0.2) is 4.39 Å². The molecule has 1 nitrogen and oxygen atoms in total. The zero-order chi connectivity index (χ0) is 7.84. The monoisotopic (exact) mass is 152 g/mol. The Morgan fingerprint density at radius 3 is 2.27 bits per heavy atom. The summed E-state index contributed by atoms with van der Waals surface area (Å²) in [6, 6.07) is 6.33.